The second kappa shape index (κ2) is 2.23. The zero-order valence-electron chi connectivity index (χ0n) is 6.93. The van der Waals surface area contributed by atoms with Crippen molar-refractivity contribution in [2.24, 2.45) is 17.8 Å². The largest absolute Gasteiger partial charge is 0.313 e. The first kappa shape index (κ1) is 6.66. The number of piperidine rings is 2. The fraction of sp³-hybridized carbons (Fsp3) is 1.00. The Morgan fingerprint density at radius 2 is 2.00 bits per heavy atom. The molecule has 1 N–H and O–H groups in total. The molecule has 0 amide bonds. The lowest BCUT2D eigenvalue weighted by atomic mass is 9.65. The maximum Gasteiger partial charge on any atom is 0.0119 e. The van der Waals surface area contributed by atoms with Crippen LogP contribution in [0.25, 0.3) is 0 Å². The van der Waals surface area contributed by atoms with E-state index in [0.717, 1.165) is 23.8 Å². The third-order valence-corrected chi connectivity index (χ3v) is 3.14. The molecule has 10 heavy (non-hydrogen) atoms. The van der Waals surface area contributed by atoms with E-state index in [9.17, 15) is 0 Å². The van der Waals surface area contributed by atoms with Gasteiger partial charge in [0.1, 0.15) is 0 Å². The first-order valence-corrected chi connectivity index (χ1v) is 4.50. The van der Waals surface area contributed by atoms with Gasteiger partial charge in [0.15, 0.2) is 0 Å². The van der Waals surface area contributed by atoms with Crippen LogP contribution >= 0.6 is 0 Å². The Hall–Kier alpha value is -0.0400. The molecule has 1 unspecified atom stereocenters. The van der Waals surface area contributed by atoms with Crippen molar-refractivity contribution in [2.75, 3.05) is 6.54 Å². The minimum Gasteiger partial charge on any atom is -0.313 e. The average Bonchev–Trinajstić information content (AvgIpc) is 1.86. The highest BCUT2D eigenvalue weighted by molar-refractivity contribution is 4.95. The Bertz CT molecular complexity index is 122. The summed E-state index contributed by atoms with van der Waals surface area (Å²) in [6.07, 6.45) is 3.02. The number of fused-ring (bicyclic) bond motifs is 2. The quantitative estimate of drug-likeness (QED) is 0.582. The second-order valence-corrected chi connectivity index (χ2v) is 4.28. The van der Waals surface area contributed by atoms with Crippen LogP contribution < -0.4 is 5.32 Å². The number of hydrogen-bond donors (Lipinski definition) is 1. The Kier molecular flexibility index (Phi) is 1.48. The van der Waals surface area contributed by atoms with E-state index < -0.39 is 0 Å². The zero-order valence-corrected chi connectivity index (χ0v) is 6.93. The second-order valence-electron chi connectivity index (χ2n) is 4.28. The summed E-state index contributed by atoms with van der Waals surface area (Å²) in [7, 11) is 0. The maximum atomic E-state index is 3.62. The molecule has 2 bridgehead atoms. The van der Waals surface area contributed by atoms with Gasteiger partial charge in [0, 0.05) is 6.04 Å². The molecule has 1 atom stereocenters. The number of nitrogens with one attached hydrogen (secondary N) is 1. The summed E-state index contributed by atoms with van der Waals surface area (Å²) in [6.45, 7) is 5.95. The van der Waals surface area contributed by atoms with Crippen molar-refractivity contribution in [2.45, 2.75) is 32.7 Å². The van der Waals surface area contributed by atoms with Crippen LogP contribution in [0.3, 0.4) is 0 Å². The minimum absolute atomic E-state index is 0.838. The molecular weight excluding hydrogens is 122 g/mol. The summed E-state index contributed by atoms with van der Waals surface area (Å²) in [5.74, 6) is 2.91. The van der Waals surface area contributed by atoms with Gasteiger partial charge in [-0.3, -0.25) is 0 Å². The Morgan fingerprint density at radius 1 is 1.30 bits per heavy atom. The Balaban J connectivity index is 1.96. The van der Waals surface area contributed by atoms with Gasteiger partial charge in [-0.2, -0.15) is 0 Å². The molecule has 0 aromatic heterocycles. The van der Waals surface area contributed by atoms with Gasteiger partial charge in [-0.05, 0) is 37.1 Å². The molecule has 0 spiro atoms. The zero-order chi connectivity index (χ0) is 7.14. The third kappa shape index (κ3) is 0.878. The van der Waals surface area contributed by atoms with Gasteiger partial charge in [-0.15, -0.1) is 0 Å². The topological polar surface area (TPSA) is 12.0 Å². The summed E-state index contributed by atoms with van der Waals surface area (Å²) in [6, 6.07) is 0.838. The minimum atomic E-state index is 0.838. The predicted octanol–water partition coefficient (Wildman–Crippen LogP) is 1.64. The van der Waals surface area contributed by atoms with E-state index in [2.05, 4.69) is 19.2 Å². The van der Waals surface area contributed by atoms with E-state index in [0.29, 0.717) is 0 Å². The van der Waals surface area contributed by atoms with Gasteiger partial charge in [0.05, 0.1) is 0 Å². The molecule has 2 saturated heterocycles. The number of rotatable bonds is 1. The molecule has 1 nitrogen and oxygen atoms in total. The van der Waals surface area contributed by atoms with Crippen molar-refractivity contribution in [3.63, 3.8) is 0 Å². The highest BCUT2D eigenvalue weighted by Crippen LogP contribution is 2.41. The fourth-order valence-electron chi connectivity index (χ4n) is 2.50. The predicted molar refractivity (Wildman–Crippen MR) is 42.8 cm³/mol. The first-order valence-electron chi connectivity index (χ1n) is 4.50. The molecular formula is C9H17N. The lowest BCUT2D eigenvalue weighted by Gasteiger charge is -2.49. The van der Waals surface area contributed by atoms with Crippen LogP contribution in [-0.2, 0) is 0 Å². The van der Waals surface area contributed by atoms with E-state index in [1.54, 1.807) is 0 Å². The molecule has 3 fully saturated rings. The molecule has 1 aliphatic carbocycles. The summed E-state index contributed by atoms with van der Waals surface area (Å²) in [5.41, 5.74) is 0. The van der Waals surface area contributed by atoms with Crippen molar-refractivity contribution in [3.05, 3.63) is 0 Å². The molecule has 3 rings (SSSR count). The van der Waals surface area contributed by atoms with Crippen LogP contribution in [0.4, 0.5) is 0 Å². The van der Waals surface area contributed by atoms with Gasteiger partial charge in [-0.1, -0.05) is 13.8 Å². The maximum absolute atomic E-state index is 3.62. The van der Waals surface area contributed by atoms with E-state index in [-0.39, 0.29) is 0 Å². The van der Waals surface area contributed by atoms with Crippen LogP contribution in [-0.4, -0.2) is 12.6 Å². The first-order chi connectivity index (χ1) is 4.77. The highest BCUT2D eigenvalue weighted by Gasteiger charge is 2.40. The molecule has 0 aromatic rings. The molecule has 0 radical (unpaired) electrons. The Labute approximate surface area is 63.2 Å². The number of hydrogen-bond acceptors (Lipinski definition) is 1. The van der Waals surface area contributed by atoms with Crippen LogP contribution in [0, 0.1) is 17.8 Å². The van der Waals surface area contributed by atoms with Gasteiger partial charge >= 0.3 is 0 Å². The monoisotopic (exact) mass is 139 g/mol. The molecule has 1 heteroatoms. The summed E-state index contributed by atoms with van der Waals surface area (Å²) >= 11 is 0. The fourth-order valence-corrected chi connectivity index (χ4v) is 2.50. The van der Waals surface area contributed by atoms with Crippen LogP contribution in [0.15, 0.2) is 0 Å². The lowest BCUT2D eigenvalue weighted by Crippen LogP contribution is -2.55. The summed E-state index contributed by atoms with van der Waals surface area (Å²) in [5, 5.41) is 3.62. The van der Waals surface area contributed by atoms with Crippen molar-refractivity contribution in [1.29, 1.82) is 0 Å². The van der Waals surface area contributed by atoms with Gasteiger partial charge in [0.25, 0.3) is 0 Å². The van der Waals surface area contributed by atoms with E-state index in [1.807, 2.05) is 0 Å². The summed E-state index contributed by atoms with van der Waals surface area (Å²) < 4.78 is 0. The average molecular weight is 139 g/mol. The smallest absolute Gasteiger partial charge is 0.0119 e. The van der Waals surface area contributed by atoms with E-state index in [1.165, 1.54) is 19.4 Å². The van der Waals surface area contributed by atoms with Crippen molar-refractivity contribution in [3.8, 4) is 0 Å². The normalized spacial score (nSPS) is 45.3. The van der Waals surface area contributed by atoms with Gasteiger partial charge < -0.3 is 5.32 Å². The van der Waals surface area contributed by atoms with Crippen molar-refractivity contribution in [1.82, 2.24) is 5.32 Å². The van der Waals surface area contributed by atoms with E-state index >= 15 is 0 Å². The van der Waals surface area contributed by atoms with E-state index in [4.69, 9.17) is 0 Å². The van der Waals surface area contributed by atoms with Gasteiger partial charge in [-0.25, -0.2) is 0 Å². The van der Waals surface area contributed by atoms with Crippen LogP contribution in [0.2, 0.25) is 0 Å². The third-order valence-electron chi connectivity index (χ3n) is 3.14. The molecule has 2 heterocycles. The molecule has 0 aromatic carbocycles. The van der Waals surface area contributed by atoms with Gasteiger partial charge in [0.2, 0.25) is 0 Å². The molecule has 2 aliphatic heterocycles. The van der Waals surface area contributed by atoms with Crippen molar-refractivity contribution < 1.29 is 0 Å². The molecule has 1 saturated carbocycles. The van der Waals surface area contributed by atoms with Crippen LogP contribution in [0.1, 0.15) is 26.7 Å². The standard InChI is InChI=1S/C9H17N/c1-6(2)9-8-3-7(4-8)5-10-9/h6-10H,3-5H2,1-2H3. The Morgan fingerprint density at radius 3 is 2.30 bits per heavy atom. The SMILES string of the molecule is CC(C)C1NCC2CC1C2. The van der Waals surface area contributed by atoms with Crippen molar-refractivity contribution >= 4 is 0 Å². The summed E-state index contributed by atoms with van der Waals surface area (Å²) in [4.78, 5) is 0. The van der Waals surface area contributed by atoms with Crippen LogP contribution in [0.5, 0.6) is 0 Å². The molecule has 3 aliphatic rings. The molecule has 58 valence electrons. The highest BCUT2D eigenvalue weighted by atomic mass is 15.0. The lowest BCUT2D eigenvalue weighted by molar-refractivity contribution is 0.0609.